The number of rotatable bonds is 14. The first-order valence-corrected chi connectivity index (χ1v) is 8.53. The van der Waals surface area contributed by atoms with Gasteiger partial charge in [-0.05, 0) is 12.8 Å². The number of carbonyl (C=O) groups is 1. The maximum Gasteiger partial charge on any atom is 0.225 e. The lowest BCUT2D eigenvalue weighted by Crippen LogP contribution is -2.39. The summed E-state index contributed by atoms with van der Waals surface area (Å²) in [7, 11) is 0. The van der Waals surface area contributed by atoms with Crippen molar-refractivity contribution in [3.63, 3.8) is 0 Å². The van der Waals surface area contributed by atoms with Crippen LogP contribution in [0.15, 0.2) is 0 Å². The molecule has 0 aliphatic carbocycles. The van der Waals surface area contributed by atoms with Crippen LogP contribution in [0.4, 0.5) is 0 Å². The molecule has 0 spiro atoms. The molecule has 0 bridgehead atoms. The van der Waals surface area contributed by atoms with Gasteiger partial charge in [0.2, 0.25) is 5.91 Å². The Labute approximate surface area is 125 Å². The molecule has 3 N–H and O–H groups in total. The highest BCUT2D eigenvalue weighted by molar-refractivity contribution is 5.80. The van der Waals surface area contributed by atoms with Crippen LogP contribution < -0.4 is 5.73 Å². The summed E-state index contributed by atoms with van der Waals surface area (Å²) in [6, 6.07) is 0. The zero-order valence-electron chi connectivity index (χ0n) is 13.6. The van der Waals surface area contributed by atoms with Crippen LogP contribution in [0.25, 0.3) is 0 Å². The molecule has 0 aromatic rings. The Hall–Kier alpha value is -0.570. The van der Waals surface area contributed by atoms with Gasteiger partial charge < -0.3 is 10.8 Å². The summed E-state index contributed by atoms with van der Waals surface area (Å²) in [5.41, 5.74) is 4.73. The molecule has 1 atom stereocenters. The normalized spacial score (nSPS) is 14.2. The van der Waals surface area contributed by atoms with Crippen molar-refractivity contribution in [3.8, 4) is 0 Å². The number of hydrogen-bond acceptors (Lipinski definition) is 2. The van der Waals surface area contributed by atoms with E-state index in [9.17, 15) is 9.90 Å². The number of amides is 1. The Kier molecular flexibility index (Phi) is 11.8. The van der Waals surface area contributed by atoms with Crippen molar-refractivity contribution in [1.82, 2.24) is 0 Å². The van der Waals surface area contributed by atoms with Gasteiger partial charge in [0, 0.05) is 0 Å². The lowest BCUT2D eigenvalue weighted by atomic mass is 9.80. The van der Waals surface area contributed by atoms with E-state index in [1.165, 1.54) is 51.4 Å². The number of hydrogen-bond donors (Lipinski definition) is 2. The van der Waals surface area contributed by atoms with Crippen molar-refractivity contribution < 1.29 is 9.90 Å². The second-order valence-electron chi connectivity index (χ2n) is 6.09. The highest BCUT2D eigenvalue weighted by Crippen LogP contribution is 2.28. The number of primary amides is 1. The summed E-state index contributed by atoms with van der Waals surface area (Å²) in [5, 5.41) is 9.39. The van der Waals surface area contributed by atoms with Gasteiger partial charge in [0.15, 0.2) is 0 Å². The second kappa shape index (κ2) is 12.2. The van der Waals surface area contributed by atoms with Gasteiger partial charge >= 0.3 is 0 Å². The molecule has 0 saturated heterocycles. The average molecular weight is 285 g/mol. The maximum absolute atomic E-state index is 11.4. The minimum Gasteiger partial charge on any atom is -0.395 e. The Morgan fingerprint density at radius 1 is 0.900 bits per heavy atom. The van der Waals surface area contributed by atoms with Crippen LogP contribution in [0.5, 0.6) is 0 Å². The third-order valence-electron chi connectivity index (χ3n) is 4.51. The maximum atomic E-state index is 11.4. The van der Waals surface area contributed by atoms with Crippen LogP contribution in [0.2, 0.25) is 0 Å². The van der Waals surface area contributed by atoms with Crippen LogP contribution in [0, 0.1) is 5.41 Å². The SMILES string of the molecule is CCCCCCCCCCCCC(CC)(CO)C(N)=O. The average Bonchev–Trinajstić information content (AvgIpc) is 2.45. The van der Waals surface area contributed by atoms with Crippen LogP contribution in [0.3, 0.4) is 0 Å². The topological polar surface area (TPSA) is 63.3 Å². The Morgan fingerprint density at radius 3 is 1.70 bits per heavy atom. The van der Waals surface area contributed by atoms with Crippen molar-refractivity contribution in [2.75, 3.05) is 6.61 Å². The second-order valence-corrected chi connectivity index (χ2v) is 6.09. The fraction of sp³-hybridized carbons (Fsp3) is 0.941. The summed E-state index contributed by atoms with van der Waals surface area (Å²) in [4.78, 5) is 11.4. The molecule has 1 unspecified atom stereocenters. The monoisotopic (exact) mass is 285 g/mol. The van der Waals surface area contributed by atoms with Crippen molar-refractivity contribution >= 4 is 5.91 Å². The number of carbonyl (C=O) groups excluding carboxylic acids is 1. The standard InChI is InChI=1S/C17H35NO2/c1-3-5-6-7-8-9-10-11-12-13-14-17(4-2,15-19)16(18)20/h19H,3-15H2,1-2H3,(H2,18,20). The molecule has 3 nitrogen and oxygen atoms in total. The largest absolute Gasteiger partial charge is 0.395 e. The quantitative estimate of drug-likeness (QED) is 0.470. The van der Waals surface area contributed by atoms with E-state index in [2.05, 4.69) is 6.92 Å². The third-order valence-corrected chi connectivity index (χ3v) is 4.51. The molecule has 0 rings (SSSR count). The van der Waals surface area contributed by atoms with Crippen molar-refractivity contribution in [2.24, 2.45) is 11.1 Å². The highest BCUT2D eigenvalue weighted by Gasteiger charge is 2.33. The van der Waals surface area contributed by atoms with Crippen LogP contribution >= 0.6 is 0 Å². The summed E-state index contributed by atoms with van der Waals surface area (Å²) >= 11 is 0. The van der Waals surface area contributed by atoms with Gasteiger partial charge in [-0.15, -0.1) is 0 Å². The summed E-state index contributed by atoms with van der Waals surface area (Å²) in [6.07, 6.45) is 14.1. The van der Waals surface area contributed by atoms with Gasteiger partial charge in [-0.25, -0.2) is 0 Å². The molecule has 0 saturated carbocycles. The molecular weight excluding hydrogens is 250 g/mol. The smallest absolute Gasteiger partial charge is 0.225 e. The minimum atomic E-state index is -0.680. The lowest BCUT2D eigenvalue weighted by molar-refractivity contribution is -0.130. The molecule has 0 aliphatic rings. The predicted molar refractivity (Wildman–Crippen MR) is 85.5 cm³/mol. The van der Waals surface area contributed by atoms with Gasteiger partial charge in [0.25, 0.3) is 0 Å². The van der Waals surface area contributed by atoms with E-state index in [0.29, 0.717) is 6.42 Å². The summed E-state index contributed by atoms with van der Waals surface area (Å²) in [6.45, 7) is 4.06. The minimum absolute atomic E-state index is 0.115. The molecule has 0 radical (unpaired) electrons. The van der Waals surface area contributed by atoms with Crippen LogP contribution in [0.1, 0.15) is 90.9 Å². The molecule has 120 valence electrons. The molecule has 0 aromatic carbocycles. The number of aliphatic hydroxyl groups is 1. The zero-order valence-corrected chi connectivity index (χ0v) is 13.6. The molecule has 0 fully saturated rings. The van der Waals surface area contributed by atoms with E-state index in [4.69, 9.17) is 5.73 Å². The molecule has 3 heteroatoms. The Morgan fingerprint density at radius 2 is 1.35 bits per heavy atom. The van der Waals surface area contributed by atoms with Gasteiger partial charge in [0.1, 0.15) is 0 Å². The van der Waals surface area contributed by atoms with Gasteiger partial charge in [-0.2, -0.15) is 0 Å². The molecule has 0 heterocycles. The van der Waals surface area contributed by atoms with Gasteiger partial charge in [-0.1, -0.05) is 78.1 Å². The third kappa shape index (κ3) is 7.88. The molecule has 0 aliphatic heterocycles. The van der Waals surface area contributed by atoms with Crippen molar-refractivity contribution in [1.29, 1.82) is 0 Å². The zero-order chi connectivity index (χ0) is 15.3. The molecular formula is C17H35NO2. The van der Waals surface area contributed by atoms with Gasteiger partial charge in [0.05, 0.1) is 12.0 Å². The van der Waals surface area contributed by atoms with Gasteiger partial charge in [-0.3, -0.25) is 4.79 Å². The van der Waals surface area contributed by atoms with Crippen LogP contribution in [-0.4, -0.2) is 17.6 Å². The van der Waals surface area contributed by atoms with E-state index in [1.54, 1.807) is 0 Å². The highest BCUT2D eigenvalue weighted by atomic mass is 16.3. The first kappa shape index (κ1) is 19.4. The lowest BCUT2D eigenvalue weighted by Gasteiger charge is -2.26. The number of aliphatic hydroxyl groups excluding tert-OH is 1. The molecule has 1 amide bonds. The van der Waals surface area contributed by atoms with E-state index in [1.807, 2.05) is 6.92 Å². The fourth-order valence-corrected chi connectivity index (χ4v) is 2.69. The summed E-state index contributed by atoms with van der Waals surface area (Å²) < 4.78 is 0. The Bertz CT molecular complexity index is 237. The summed E-state index contributed by atoms with van der Waals surface area (Å²) in [5.74, 6) is -0.349. The molecule has 0 aromatic heterocycles. The van der Waals surface area contributed by atoms with Crippen molar-refractivity contribution in [2.45, 2.75) is 90.9 Å². The van der Waals surface area contributed by atoms with E-state index >= 15 is 0 Å². The first-order valence-electron chi connectivity index (χ1n) is 8.53. The Balaban J connectivity index is 3.53. The van der Waals surface area contributed by atoms with E-state index in [0.717, 1.165) is 19.3 Å². The molecule has 20 heavy (non-hydrogen) atoms. The fourth-order valence-electron chi connectivity index (χ4n) is 2.69. The first-order chi connectivity index (χ1) is 9.63. The van der Waals surface area contributed by atoms with E-state index < -0.39 is 5.41 Å². The number of unbranched alkanes of at least 4 members (excludes halogenated alkanes) is 9. The van der Waals surface area contributed by atoms with Crippen LogP contribution in [-0.2, 0) is 4.79 Å². The predicted octanol–water partition coefficient (Wildman–Crippen LogP) is 4.17. The van der Waals surface area contributed by atoms with E-state index in [-0.39, 0.29) is 12.5 Å². The number of nitrogens with two attached hydrogens (primary N) is 1. The van der Waals surface area contributed by atoms with Crippen molar-refractivity contribution in [3.05, 3.63) is 0 Å².